The number of ether oxygens (including phenoxy) is 2. The molecule has 2 aromatic carbocycles. The predicted molar refractivity (Wildman–Crippen MR) is 86.4 cm³/mol. The number of aromatic amines is 1. The number of nitrogens with zero attached hydrogens (tertiary/aromatic N) is 1. The van der Waals surface area contributed by atoms with Crippen molar-refractivity contribution in [1.82, 2.24) is 15.3 Å². The van der Waals surface area contributed by atoms with Gasteiger partial charge in [-0.15, -0.1) is 0 Å². The Morgan fingerprint density at radius 3 is 2.65 bits per heavy atom. The molecule has 1 amide bonds. The monoisotopic (exact) mass is 311 g/mol. The van der Waals surface area contributed by atoms with Gasteiger partial charge in [-0.1, -0.05) is 24.3 Å². The highest BCUT2D eigenvalue weighted by molar-refractivity contribution is 5.78. The largest absolute Gasteiger partial charge is 0.493 e. The number of H-pyrrole nitrogens is 1. The van der Waals surface area contributed by atoms with Crippen molar-refractivity contribution in [3.05, 3.63) is 54.4 Å². The van der Waals surface area contributed by atoms with Crippen LogP contribution in [0.5, 0.6) is 11.5 Å². The molecule has 23 heavy (non-hydrogen) atoms. The molecule has 0 radical (unpaired) electrons. The first kappa shape index (κ1) is 14.9. The Morgan fingerprint density at radius 1 is 1.13 bits per heavy atom. The van der Waals surface area contributed by atoms with Crippen molar-refractivity contribution in [1.29, 1.82) is 0 Å². The maximum absolute atomic E-state index is 11.9. The van der Waals surface area contributed by atoms with Gasteiger partial charge in [0.15, 0.2) is 18.1 Å². The summed E-state index contributed by atoms with van der Waals surface area (Å²) >= 11 is 0. The molecule has 0 fully saturated rings. The van der Waals surface area contributed by atoms with Gasteiger partial charge >= 0.3 is 0 Å². The molecule has 0 spiro atoms. The van der Waals surface area contributed by atoms with Gasteiger partial charge in [-0.3, -0.25) is 4.79 Å². The number of amides is 1. The molecule has 0 saturated carbocycles. The normalized spacial score (nSPS) is 10.5. The quantitative estimate of drug-likeness (QED) is 0.732. The van der Waals surface area contributed by atoms with Crippen molar-refractivity contribution >= 4 is 16.9 Å². The van der Waals surface area contributed by atoms with E-state index in [9.17, 15) is 4.79 Å². The molecule has 0 aliphatic rings. The van der Waals surface area contributed by atoms with E-state index in [0.717, 1.165) is 11.0 Å². The lowest BCUT2D eigenvalue weighted by Gasteiger charge is -2.10. The van der Waals surface area contributed by atoms with Crippen molar-refractivity contribution < 1.29 is 14.3 Å². The lowest BCUT2D eigenvalue weighted by Crippen LogP contribution is -2.28. The van der Waals surface area contributed by atoms with Gasteiger partial charge in [-0.05, 0) is 24.3 Å². The highest BCUT2D eigenvalue weighted by Crippen LogP contribution is 2.25. The van der Waals surface area contributed by atoms with Gasteiger partial charge in [0, 0.05) is 0 Å². The second-order valence-electron chi connectivity index (χ2n) is 4.92. The topological polar surface area (TPSA) is 76.2 Å². The second-order valence-corrected chi connectivity index (χ2v) is 4.92. The lowest BCUT2D eigenvalue weighted by molar-refractivity contribution is -0.123. The number of rotatable bonds is 6. The molecule has 0 atom stereocenters. The van der Waals surface area contributed by atoms with Gasteiger partial charge < -0.3 is 19.8 Å². The van der Waals surface area contributed by atoms with Gasteiger partial charge in [0.25, 0.3) is 5.91 Å². The zero-order valence-corrected chi connectivity index (χ0v) is 12.7. The molecule has 6 heteroatoms. The minimum absolute atomic E-state index is 0.0827. The third-order valence-corrected chi connectivity index (χ3v) is 3.32. The van der Waals surface area contributed by atoms with Crippen LogP contribution in [0.3, 0.4) is 0 Å². The molecule has 0 bridgehead atoms. The third kappa shape index (κ3) is 3.60. The third-order valence-electron chi connectivity index (χ3n) is 3.32. The van der Waals surface area contributed by atoms with Crippen molar-refractivity contribution in [2.45, 2.75) is 6.54 Å². The van der Waals surface area contributed by atoms with Crippen LogP contribution in [0.2, 0.25) is 0 Å². The van der Waals surface area contributed by atoms with E-state index in [0.29, 0.717) is 23.9 Å². The van der Waals surface area contributed by atoms with Gasteiger partial charge in [0.1, 0.15) is 5.82 Å². The van der Waals surface area contributed by atoms with E-state index in [2.05, 4.69) is 15.3 Å². The zero-order valence-electron chi connectivity index (χ0n) is 12.7. The number of methoxy groups -OCH3 is 1. The highest BCUT2D eigenvalue weighted by Gasteiger charge is 2.08. The number of hydrogen-bond donors (Lipinski definition) is 2. The van der Waals surface area contributed by atoms with Crippen molar-refractivity contribution in [2.75, 3.05) is 13.7 Å². The molecule has 0 saturated heterocycles. The molecular weight excluding hydrogens is 294 g/mol. The van der Waals surface area contributed by atoms with E-state index in [1.165, 1.54) is 0 Å². The van der Waals surface area contributed by atoms with Crippen LogP contribution in [0.15, 0.2) is 48.5 Å². The maximum atomic E-state index is 11.9. The second kappa shape index (κ2) is 6.83. The fourth-order valence-electron chi connectivity index (χ4n) is 2.20. The van der Waals surface area contributed by atoms with E-state index in [1.807, 2.05) is 36.4 Å². The SMILES string of the molecule is COc1ccccc1OCC(=O)NCc1nc2ccccc2[nH]1. The zero-order chi connectivity index (χ0) is 16.1. The summed E-state index contributed by atoms with van der Waals surface area (Å²) in [5, 5.41) is 2.77. The van der Waals surface area contributed by atoms with E-state index in [4.69, 9.17) is 9.47 Å². The average molecular weight is 311 g/mol. The summed E-state index contributed by atoms with van der Waals surface area (Å²) in [6.07, 6.45) is 0. The molecule has 6 nitrogen and oxygen atoms in total. The number of carbonyl (C=O) groups is 1. The first-order valence-electron chi connectivity index (χ1n) is 7.22. The highest BCUT2D eigenvalue weighted by atomic mass is 16.5. The number of para-hydroxylation sites is 4. The van der Waals surface area contributed by atoms with Crippen LogP contribution in [0, 0.1) is 0 Å². The van der Waals surface area contributed by atoms with Crippen LogP contribution in [0.1, 0.15) is 5.82 Å². The van der Waals surface area contributed by atoms with Crippen LogP contribution in [-0.4, -0.2) is 29.6 Å². The predicted octanol–water partition coefficient (Wildman–Crippen LogP) is 2.27. The maximum Gasteiger partial charge on any atom is 0.258 e. The number of imidazole rings is 1. The molecule has 0 aliphatic heterocycles. The smallest absolute Gasteiger partial charge is 0.258 e. The molecule has 1 aromatic heterocycles. The van der Waals surface area contributed by atoms with Crippen molar-refractivity contribution in [3.8, 4) is 11.5 Å². The van der Waals surface area contributed by atoms with Gasteiger partial charge in [0.05, 0.1) is 24.7 Å². The van der Waals surface area contributed by atoms with Crippen LogP contribution in [0.25, 0.3) is 11.0 Å². The first-order chi connectivity index (χ1) is 11.3. The van der Waals surface area contributed by atoms with Crippen molar-refractivity contribution in [2.24, 2.45) is 0 Å². The molecule has 0 aliphatic carbocycles. The molecule has 2 N–H and O–H groups in total. The average Bonchev–Trinajstić information content (AvgIpc) is 3.01. The fourth-order valence-corrected chi connectivity index (χ4v) is 2.20. The van der Waals surface area contributed by atoms with E-state index < -0.39 is 0 Å². The van der Waals surface area contributed by atoms with Crippen LogP contribution in [-0.2, 0) is 11.3 Å². The van der Waals surface area contributed by atoms with E-state index in [-0.39, 0.29) is 12.5 Å². The summed E-state index contributed by atoms with van der Waals surface area (Å²) in [5.41, 5.74) is 1.82. The van der Waals surface area contributed by atoms with E-state index >= 15 is 0 Å². The number of aromatic nitrogens is 2. The van der Waals surface area contributed by atoms with Gasteiger partial charge in [0.2, 0.25) is 0 Å². The first-order valence-corrected chi connectivity index (χ1v) is 7.22. The number of hydrogen-bond acceptors (Lipinski definition) is 4. The van der Waals surface area contributed by atoms with E-state index in [1.54, 1.807) is 19.2 Å². The van der Waals surface area contributed by atoms with Crippen LogP contribution < -0.4 is 14.8 Å². The number of nitrogens with one attached hydrogen (secondary N) is 2. The standard InChI is InChI=1S/C17H17N3O3/c1-22-14-8-4-5-9-15(14)23-11-17(21)18-10-16-19-12-6-2-3-7-13(12)20-16/h2-9H,10-11H2,1H3,(H,18,21)(H,19,20). The number of fused-ring (bicyclic) bond motifs is 1. The number of carbonyl (C=O) groups excluding carboxylic acids is 1. The molecule has 1 heterocycles. The molecule has 0 unspecified atom stereocenters. The fraction of sp³-hybridized carbons (Fsp3) is 0.176. The summed E-state index contributed by atoms with van der Waals surface area (Å²) < 4.78 is 10.6. The Labute approximate surface area is 133 Å². The van der Waals surface area contributed by atoms with Crippen LogP contribution in [0.4, 0.5) is 0 Å². The Morgan fingerprint density at radius 2 is 1.87 bits per heavy atom. The summed E-state index contributed by atoms with van der Waals surface area (Å²) in [4.78, 5) is 19.4. The van der Waals surface area contributed by atoms with Gasteiger partial charge in [-0.2, -0.15) is 0 Å². The minimum atomic E-state index is -0.226. The minimum Gasteiger partial charge on any atom is -0.493 e. The lowest BCUT2D eigenvalue weighted by atomic mass is 10.3. The molecular formula is C17H17N3O3. The Hall–Kier alpha value is -3.02. The Kier molecular flexibility index (Phi) is 4.42. The summed E-state index contributed by atoms with van der Waals surface area (Å²) in [6.45, 7) is 0.239. The van der Waals surface area contributed by atoms with Gasteiger partial charge in [-0.25, -0.2) is 4.98 Å². The Bertz CT molecular complexity index is 780. The summed E-state index contributed by atoms with van der Waals surface area (Å²) in [6, 6.07) is 14.9. The summed E-state index contributed by atoms with van der Waals surface area (Å²) in [7, 11) is 1.56. The molecule has 3 rings (SSSR count). The van der Waals surface area contributed by atoms with Crippen molar-refractivity contribution in [3.63, 3.8) is 0 Å². The Balaban J connectivity index is 1.53. The molecule has 3 aromatic rings. The van der Waals surface area contributed by atoms with Crippen LogP contribution >= 0.6 is 0 Å². The summed E-state index contributed by atoms with van der Waals surface area (Å²) in [5.74, 6) is 1.61. The number of benzene rings is 2. The molecule has 118 valence electrons.